The van der Waals surface area contributed by atoms with Crippen LogP contribution < -0.4 is 14.8 Å². The highest BCUT2D eigenvalue weighted by Crippen LogP contribution is 2.27. The predicted molar refractivity (Wildman–Crippen MR) is 155 cm³/mol. The summed E-state index contributed by atoms with van der Waals surface area (Å²) < 4.78 is 56.7. The first-order valence-electron chi connectivity index (χ1n) is 11.7. The molecule has 0 heterocycles. The van der Waals surface area contributed by atoms with Crippen molar-refractivity contribution in [3.8, 4) is 0 Å². The lowest BCUT2D eigenvalue weighted by atomic mass is 10.1. The van der Waals surface area contributed by atoms with Gasteiger partial charge >= 0.3 is 0 Å². The van der Waals surface area contributed by atoms with E-state index in [2.05, 4.69) is 14.8 Å². The quantitative estimate of drug-likeness (QED) is 0.231. The minimum absolute atomic E-state index is 0.0149. The van der Waals surface area contributed by atoms with Gasteiger partial charge in [-0.05, 0) is 98.1 Å². The number of anilines is 3. The molecule has 0 atom stereocenters. The minimum atomic E-state index is -4.09. The molecule has 0 radical (unpaired) electrons. The Hall–Kier alpha value is -3.86. The summed E-state index contributed by atoms with van der Waals surface area (Å²) in [5, 5.41) is 2.60. The fraction of sp³-hybridized carbons (Fsp3) is 0.107. The number of hydrogen-bond donors (Lipinski definition) is 3. The van der Waals surface area contributed by atoms with Crippen molar-refractivity contribution in [2.45, 2.75) is 30.6 Å². The molecule has 3 N–H and O–H groups in total. The molecule has 4 rings (SSSR count). The first-order chi connectivity index (χ1) is 18.3. The largest absolute Gasteiger partial charge is 0.322 e. The average Bonchev–Trinajstić information content (AvgIpc) is 2.85. The molecule has 0 unspecified atom stereocenters. The Morgan fingerprint density at radius 1 is 0.692 bits per heavy atom. The zero-order valence-electron chi connectivity index (χ0n) is 21.3. The Kier molecular flexibility index (Phi) is 8.01. The summed E-state index contributed by atoms with van der Waals surface area (Å²) in [7, 11) is -7.94. The molecule has 0 saturated carbocycles. The van der Waals surface area contributed by atoms with Gasteiger partial charge in [-0.2, -0.15) is 0 Å². The van der Waals surface area contributed by atoms with Gasteiger partial charge in [0.25, 0.3) is 26.0 Å². The number of rotatable bonds is 8. The maximum absolute atomic E-state index is 13.1. The fourth-order valence-electron chi connectivity index (χ4n) is 3.91. The lowest BCUT2D eigenvalue weighted by Gasteiger charge is -2.13. The molecule has 0 fully saturated rings. The maximum Gasteiger partial charge on any atom is 0.263 e. The van der Waals surface area contributed by atoms with Gasteiger partial charge < -0.3 is 5.32 Å². The second-order valence-corrected chi connectivity index (χ2v) is 12.8. The van der Waals surface area contributed by atoms with Gasteiger partial charge in [-0.25, -0.2) is 16.8 Å². The van der Waals surface area contributed by atoms with Crippen LogP contribution in [0.15, 0.2) is 94.7 Å². The molecule has 1 amide bonds. The third-order valence-corrected chi connectivity index (χ3v) is 9.01. The SMILES string of the molecule is Cc1cc(C)cc(NS(=O)(=O)c2cc(C(=O)Nc3ccc(S(=O)(=O)Nc4ccccc4C)cc3)ccc2Cl)c1. The summed E-state index contributed by atoms with van der Waals surface area (Å²) in [5.41, 5.74) is 3.77. The van der Waals surface area contributed by atoms with Crippen LogP contribution in [0.5, 0.6) is 0 Å². The van der Waals surface area contributed by atoms with Crippen LogP contribution in [0.25, 0.3) is 0 Å². The van der Waals surface area contributed by atoms with Gasteiger partial charge in [0.05, 0.1) is 15.6 Å². The zero-order chi connectivity index (χ0) is 28.4. The number of halogens is 1. The highest BCUT2D eigenvalue weighted by Gasteiger charge is 2.21. The fourth-order valence-corrected chi connectivity index (χ4v) is 6.60. The highest BCUT2D eigenvalue weighted by molar-refractivity contribution is 7.93. The van der Waals surface area contributed by atoms with Crippen LogP contribution in [0.3, 0.4) is 0 Å². The first-order valence-corrected chi connectivity index (χ1v) is 15.1. The molecule has 0 aliphatic rings. The Labute approximate surface area is 233 Å². The number of para-hydroxylation sites is 1. The molecule has 0 spiro atoms. The van der Waals surface area contributed by atoms with Gasteiger partial charge in [-0.3, -0.25) is 14.2 Å². The van der Waals surface area contributed by atoms with E-state index < -0.39 is 26.0 Å². The maximum atomic E-state index is 13.1. The van der Waals surface area contributed by atoms with E-state index in [1.807, 2.05) is 26.0 Å². The molecule has 0 saturated heterocycles. The molecule has 8 nitrogen and oxygen atoms in total. The molecule has 4 aromatic rings. The van der Waals surface area contributed by atoms with Gasteiger partial charge in [0.2, 0.25) is 0 Å². The van der Waals surface area contributed by atoms with E-state index >= 15 is 0 Å². The predicted octanol–water partition coefficient (Wildman–Crippen LogP) is 6.12. The number of carbonyl (C=O) groups is 1. The highest BCUT2D eigenvalue weighted by atomic mass is 35.5. The molecule has 11 heteroatoms. The van der Waals surface area contributed by atoms with E-state index in [4.69, 9.17) is 11.6 Å². The molecule has 0 bridgehead atoms. The molecule has 0 aliphatic heterocycles. The van der Waals surface area contributed by atoms with Crippen molar-refractivity contribution in [3.63, 3.8) is 0 Å². The van der Waals surface area contributed by atoms with Crippen LogP contribution in [0.2, 0.25) is 5.02 Å². The molecule has 202 valence electrons. The lowest BCUT2D eigenvalue weighted by molar-refractivity contribution is 0.102. The Morgan fingerprint density at radius 2 is 1.33 bits per heavy atom. The Bertz CT molecular complexity index is 1750. The minimum Gasteiger partial charge on any atom is -0.322 e. The summed E-state index contributed by atoms with van der Waals surface area (Å²) in [6.07, 6.45) is 0. The van der Waals surface area contributed by atoms with E-state index in [1.54, 1.807) is 37.3 Å². The number of carbonyl (C=O) groups excluding carboxylic acids is 1. The van der Waals surface area contributed by atoms with Crippen molar-refractivity contribution in [1.29, 1.82) is 0 Å². The number of benzene rings is 4. The topological polar surface area (TPSA) is 121 Å². The van der Waals surface area contributed by atoms with E-state index in [0.29, 0.717) is 17.1 Å². The van der Waals surface area contributed by atoms with E-state index in [0.717, 1.165) is 16.7 Å². The van der Waals surface area contributed by atoms with Crippen molar-refractivity contribution >= 4 is 54.6 Å². The third kappa shape index (κ3) is 6.78. The van der Waals surface area contributed by atoms with E-state index in [9.17, 15) is 21.6 Å². The second-order valence-electron chi connectivity index (χ2n) is 9.03. The average molecular weight is 584 g/mol. The van der Waals surface area contributed by atoms with Crippen LogP contribution in [0, 0.1) is 20.8 Å². The number of aryl methyl sites for hydroxylation is 3. The normalized spacial score (nSPS) is 11.6. The van der Waals surface area contributed by atoms with E-state index in [1.165, 1.54) is 42.5 Å². The van der Waals surface area contributed by atoms with Crippen LogP contribution in [0.1, 0.15) is 27.0 Å². The Balaban J connectivity index is 1.51. The molecule has 0 aliphatic carbocycles. The standard InChI is InChI=1S/C28H26ClN3O5S2/c1-18-14-19(2)16-23(15-18)31-39(36,37)27-17-21(8-13-25(27)29)28(33)30-22-9-11-24(12-10-22)38(34,35)32-26-7-5-4-6-20(26)3/h4-17,31-32H,1-3H3,(H,30,33). The third-order valence-electron chi connectivity index (χ3n) is 5.77. The summed E-state index contributed by atoms with van der Waals surface area (Å²) in [6, 6.07) is 21.8. The van der Waals surface area contributed by atoms with Crippen molar-refractivity contribution < 1.29 is 21.6 Å². The molecule has 39 heavy (non-hydrogen) atoms. The second kappa shape index (κ2) is 11.1. The molecular weight excluding hydrogens is 558 g/mol. The summed E-state index contributed by atoms with van der Waals surface area (Å²) in [4.78, 5) is 12.7. The summed E-state index contributed by atoms with van der Waals surface area (Å²) in [5.74, 6) is -0.594. The van der Waals surface area contributed by atoms with Gasteiger partial charge in [0.15, 0.2) is 0 Å². The zero-order valence-corrected chi connectivity index (χ0v) is 23.7. The number of amides is 1. The molecule has 4 aromatic carbocycles. The van der Waals surface area contributed by atoms with Crippen molar-refractivity contribution in [2.75, 3.05) is 14.8 Å². The van der Waals surface area contributed by atoms with Crippen molar-refractivity contribution in [3.05, 3.63) is 112 Å². The van der Waals surface area contributed by atoms with Crippen LogP contribution in [-0.2, 0) is 20.0 Å². The number of hydrogen-bond acceptors (Lipinski definition) is 5. The summed E-state index contributed by atoms with van der Waals surface area (Å²) in [6.45, 7) is 5.50. The number of nitrogens with one attached hydrogen (secondary N) is 3. The van der Waals surface area contributed by atoms with Crippen molar-refractivity contribution in [2.24, 2.45) is 0 Å². The van der Waals surface area contributed by atoms with Gasteiger partial charge in [0, 0.05) is 16.9 Å². The molecule has 0 aromatic heterocycles. The van der Waals surface area contributed by atoms with Gasteiger partial charge in [0.1, 0.15) is 4.90 Å². The van der Waals surface area contributed by atoms with Crippen LogP contribution in [-0.4, -0.2) is 22.7 Å². The van der Waals surface area contributed by atoms with E-state index in [-0.39, 0.29) is 20.4 Å². The van der Waals surface area contributed by atoms with Crippen LogP contribution in [0.4, 0.5) is 17.1 Å². The molecular formula is C28H26ClN3O5S2. The first kappa shape index (κ1) is 28.2. The smallest absolute Gasteiger partial charge is 0.263 e. The Morgan fingerprint density at radius 3 is 1.97 bits per heavy atom. The lowest BCUT2D eigenvalue weighted by Crippen LogP contribution is -2.17. The van der Waals surface area contributed by atoms with Crippen LogP contribution >= 0.6 is 11.6 Å². The van der Waals surface area contributed by atoms with Gasteiger partial charge in [-0.15, -0.1) is 0 Å². The number of sulfonamides is 2. The van der Waals surface area contributed by atoms with Crippen molar-refractivity contribution in [1.82, 2.24) is 0 Å². The summed E-state index contributed by atoms with van der Waals surface area (Å²) >= 11 is 6.19. The van der Waals surface area contributed by atoms with Gasteiger partial charge in [-0.1, -0.05) is 35.9 Å². The monoisotopic (exact) mass is 583 g/mol.